The van der Waals surface area contributed by atoms with E-state index in [1.807, 2.05) is 20.8 Å². The summed E-state index contributed by atoms with van der Waals surface area (Å²) in [4.78, 5) is 9.11. The van der Waals surface area contributed by atoms with Crippen LogP contribution in [-0.4, -0.2) is 45.5 Å². The molecule has 0 saturated heterocycles. The van der Waals surface area contributed by atoms with E-state index in [9.17, 15) is 8.42 Å². The lowest BCUT2D eigenvalue weighted by Crippen LogP contribution is -2.39. The van der Waals surface area contributed by atoms with Crippen LogP contribution in [0.15, 0.2) is 39.5 Å². The third-order valence-corrected chi connectivity index (χ3v) is 5.99. The van der Waals surface area contributed by atoms with Crippen molar-refractivity contribution in [3.8, 4) is 0 Å². The highest BCUT2D eigenvalue weighted by atomic mass is 127. The van der Waals surface area contributed by atoms with Gasteiger partial charge in [0.2, 0.25) is 10.0 Å². The highest BCUT2D eigenvalue weighted by Crippen LogP contribution is 2.09. The molecule has 7 nitrogen and oxygen atoms in total. The first-order chi connectivity index (χ1) is 12.9. The molecule has 28 heavy (non-hydrogen) atoms. The molecule has 0 saturated carbocycles. The van der Waals surface area contributed by atoms with Crippen molar-refractivity contribution in [3.05, 3.63) is 45.9 Å². The van der Waals surface area contributed by atoms with Crippen LogP contribution in [0.1, 0.15) is 23.2 Å². The van der Waals surface area contributed by atoms with Crippen LogP contribution in [0.4, 0.5) is 0 Å². The topological polar surface area (TPSA) is 95.5 Å². The lowest BCUT2D eigenvalue weighted by Gasteiger charge is -2.11. The van der Waals surface area contributed by atoms with Crippen LogP contribution >= 0.6 is 35.3 Å². The van der Waals surface area contributed by atoms with E-state index in [4.69, 9.17) is 0 Å². The fraction of sp³-hybridized carbons (Fsp3) is 0.444. The quantitative estimate of drug-likeness (QED) is 0.198. The summed E-state index contributed by atoms with van der Waals surface area (Å²) in [5, 5.41) is 9.51. The first-order valence-corrected chi connectivity index (χ1v) is 11.3. The molecule has 0 aliphatic rings. The monoisotopic (exact) mass is 537 g/mol. The minimum atomic E-state index is -3.51. The van der Waals surface area contributed by atoms with E-state index in [2.05, 4.69) is 30.7 Å². The molecule has 0 unspecified atom stereocenters. The molecule has 1 aromatic heterocycles. The van der Waals surface area contributed by atoms with Gasteiger partial charge in [0.25, 0.3) is 0 Å². The lowest BCUT2D eigenvalue weighted by molar-refractivity contribution is 0.582. The van der Waals surface area contributed by atoms with Crippen molar-refractivity contribution in [3.63, 3.8) is 0 Å². The van der Waals surface area contributed by atoms with E-state index >= 15 is 0 Å². The van der Waals surface area contributed by atoms with Gasteiger partial charge in [0.15, 0.2) is 5.96 Å². The first kappa shape index (κ1) is 24.8. The van der Waals surface area contributed by atoms with Crippen molar-refractivity contribution < 1.29 is 8.42 Å². The van der Waals surface area contributed by atoms with Gasteiger partial charge in [0, 0.05) is 31.4 Å². The van der Waals surface area contributed by atoms with Crippen LogP contribution in [0.25, 0.3) is 0 Å². The molecule has 0 spiro atoms. The van der Waals surface area contributed by atoms with Crippen molar-refractivity contribution in [1.82, 2.24) is 20.3 Å². The summed E-state index contributed by atoms with van der Waals surface area (Å²) in [5.74, 6) is 0.666. The Balaban J connectivity index is 0.00000392. The Kier molecular flexibility index (Phi) is 10.9. The van der Waals surface area contributed by atoms with E-state index in [1.165, 1.54) is 0 Å². The van der Waals surface area contributed by atoms with Crippen LogP contribution in [0, 0.1) is 13.8 Å². The summed E-state index contributed by atoms with van der Waals surface area (Å²) in [6.07, 6.45) is 0.814. The predicted octanol–water partition coefficient (Wildman–Crippen LogP) is 2.45. The van der Waals surface area contributed by atoms with Crippen molar-refractivity contribution in [2.24, 2.45) is 4.99 Å². The van der Waals surface area contributed by atoms with Crippen molar-refractivity contribution in [2.45, 2.75) is 32.1 Å². The molecule has 1 aromatic carbocycles. The number of thiazole rings is 1. The third kappa shape index (κ3) is 8.41. The number of benzene rings is 1. The van der Waals surface area contributed by atoms with Gasteiger partial charge >= 0.3 is 0 Å². The summed E-state index contributed by atoms with van der Waals surface area (Å²) < 4.78 is 27.1. The van der Waals surface area contributed by atoms with E-state index in [0.29, 0.717) is 19.0 Å². The van der Waals surface area contributed by atoms with Gasteiger partial charge in [0.05, 0.1) is 22.1 Å². The number of hydrogen-bond donors (Lipinski definition) is 3. The zero-order chi connectivity index (χ0) is 19.7. The molecule has 3 N–H and O–H groups in total. The minimum absolute atomic E-state index is 0. The molecule has 0 atom stereocenters. The number of sulfonamides is 1. The van der Waals surface area contributed by atoms with E-state index in [-0.39, 0.29) is 35.4 Å². The second-order valence-corrected chi connectivity index (χ2v) is 8.84. The average molecular weight is 537 g/mol. The Hall–Kier alpha value is -1.24. The largest absolute Gasteiger partial charge is 0.357 e. The maximum Gasteiger partial charge on any atom is 0.240 e. The van der Waals surface area contributed by atoms with Crippen molar-refractivity contribution in [2.75, 3.05) is 26.2 Å². The summed E-state index contributed by atoms with van der Waals surface area (Å²) in [5.41, 5.74) is 2.08. The number of nitrogens with zero attached hydrogens (tertiary/aromatic N) is 2. The molecule has 0 radical (unpaired) electrons. The van der Waals surface area contributed by atoms with Crippen molar-refractivity contribution >= 4 is 51.3 Å². The summed E-state index contributed by atoms with van der Waals surface area (Å²) in [6.45, 7) is 7.92. The van der Waals surface area contributed by atoms with E-state index in [0.717, 1.165) is 29.2 Å². The number of rotatable bonds is 9. The maximum absolute atomic E-state index is 12.2. The number of aryl methyl sites for hydroxylation is 2. The van der Waals surface area contributed by atoms with Gasteiger partial charge in [-0.25, -0.2) is 18.1 Å². The number of aliphatic imine (C=N–C) groups is 1. The van der Waals surface area contributed by atoms with Crippen LogP contribution < -0.4 is 15.4 Å². The van der Waals surface area contributed by atoms with Crippen LogP contribution in [-0.2, 0) is 16.4 Å². The van der Waals surface area contributed by atoms with Gasteiger partial charge in [-0.3, -0.25) is 4.99 Å². The Morgan fingerprint density at radius 2 is 1.86 bits per heavy atom. The normalized spacial score (nSPS) is 11.8. The predicted molar refractivity (Wildman–Crippen MR) is 126 cm³/mol. The molecule has 0 aliphatic carbocycles. The molecule has 10 heteroatoms. The number of hydrogen-bond acceptors (Lipinski definition) is 5. The molecular weight excluding hydrogens is 509 g/mol. The zero-order valence-corrected chi connectivity index (χ0v) is 20.3. The molecular formula is C18H28IN5O2S2. The lowest BCUT2D eigenvalue weighted by atomic mass is 10.2. The third-order valence-electron chi connectivity index (χ3n) is 3.69. The second kappa shape index (κ2) is 12.3. The summed E-state index contributed by atoms with van der Waals surface area (Å²) in [6, 6.07) is 6.77. The molecule has 0 fully saturated rings. The van der Waals surface area contributed by atoms with Crippen LogP contribution in [0.5, 0.6) is 0 Å². The van der Waals surface area contributed by atoms with Gasteiger partial charge in [0.1, 0.15) is 0 Å². The Morgan fingerprint density at radius 1 is 1.14 bits per heavy atom. The molecule has 1 heterocycles. The highest BCUT2D eigenvalue weighted by Gasteiger charge is 2.12. The number of guanidine groups is 1. The van der Waals surface area contributed by atoms with Crippen LogP contribution in [0.2, 0.25) is 0 Å². The van der Waals surface area contributed by atoms with Gasteiger partial charge in [-0.05, 0) is 32.9 Å². The van der Waals surface area contributed by atoms with Gasteiger partial charge in [-0.15, -0.1) is 35.3 Å². The molecule has 2 aromatic rings. The Bertz CT molecular complexity index is 851. The van der Waals surface area contributed by atoms with Gasteiger partial charge < -0.3 is 10.6 Å². The fourth-order valence-corrected chi connectivity index (χ4v) is 3.99. The fourth-order valence-electron chi connectivity index (χ4n) is 2.32. The first-order valence-electron chi connectivity index (χ1n) is 8.90. The molecule has 0 aliphatic heterocycles. The van der Waals surface area contributed by atoms with Gasteiger partial charge in [-0.1, -0.05) is 17.7 Å². The second-order valence-electron chi connectivity index (χ2n) is 6.01. The smallest absolute Gasteiger partial charge is 0.240 e. The summed E-state index contributed by atoms with van der Waals surface area (Å²) in [7, 11) is -3.51. The Morgan fingerprint density at radius 3 is 2.46 bits per heavy atom. The van der Waals surface area contributed by atoms with E-state index in [1.54, 1.807) is 35.6 Å². The molecule has 0 bridgehead atoms. The number of aromatic nitrogens is 1. The Labute approximate surface area is 188 Å². The maximum atomic E-state index is 12.2. The van der Waals surface area contributed by atoms with Gasteiger partial charge in [-0.2, -0.15) is 0 Å². The number of halogens is 1. The number of nitrogens with one attached hydrogen (secondary N) is 3. The molecule has 0 amide bonds. The van der Waals surface area contributed by atoms with Crippen molar-refractivity contribution in [1.29, 1.82) is 0 Å². The molecule has 156 valence electrons. The zero-order valence-electron chi connectivity index (χ0n) is 16.4. The standard InChI is InChI=1S/C18H27N5O2S2.HI/c1-4-19-18(20-10-9-16-13-26-15(3)23-16)21-11-12-22-27(24,25)17-7-5-14(2)6-8-17;/h5-8,13,22H,4,9-12H2,1-3H3,(H2,19,20,21);1H. The van der Waals surface area contributed by atoms with Crippen LogP contribution in [0.3, 0.4) is 0 Å². The minimum Gasteiger partial charge on any atom is -0.357 e. The van der Waals surface area contributed by atoms with E-state index < -0.39 is 10.0 Å². The average Bonchev–Trinajstić information content (AvgIpc) is 3.04. The molecule has 2 rings (SSSR count). The highest BCUT2D eigenvalue weighted by molar-refractivity contribution is 14.0. The SMILES string of the molecule is CCNC(=NCCNS(=O)(=O)c1ccc(C)cc1)NCCc1csc(C)n1.I. The summed E-state index contributed by atoms with van der Waals surface area (Å²) >= 11 is 1.64.